The molecule has 6 heteroatoms. The third-order valence-corrected chi connectivity index (χ3v) is 5.27. The van der Waals surface area contributed by atoms with Crippen molar-refractivity contribution in [1.29, 1.82) is 0 Å². The summed E-state index contributed by atoms with van der Waals surface area (Å²) in [7, 11) is 0. The molecule has 5 nitrogen and oxygen atoms in total. The van der Waals surface area contributed by atoms with Gasteiger partial charge in [0.2, 0.25) is 0 Å². The van der Waals surface area contributed by atoms with Crippen molar-refractivity contribution in [2.45, 2.75) is 24.5 Å². The van der Waals surface area contributed by atoms with Crippen LogP contribution >= 0.6 is 15.9 Å². The van der Waals surface area contributed by atoms with E-state index in [1.54, 1.807) is 30.3 Å². The number of anilines is 1. The van der Waals surface area contributed by atoms with Gasteiger partial charge < -0.3 is 20.8 Å². The van der Waals surface area contributed by atoms with Crippen LogP contribution in [0.15, 0.2) is 53.0 Å². The molecule has 2 aromatic rings. The lowest BCUT2D eigenvalue weighted by atomic mass is 9.91. The number of nitrogens with one attached hydrogen (secondary N) is 2. The number of carboxylic acids is 1. The average molecular weight is 405 g/mol. The van der Waals surface area contributed by atoms with Crippen LogP contribution in [0.2, 0.25) is 0 Å². The van der Waals surface area contributed by atoms with E-state index in [-0.39, 0.29) is 0 Å². The van der Waals surface area contributed by atoms with Crippen LogP contribution in [0.4, 0.5) is 5.69 Å². The number of hydrogen-bond donors (Lipinski definition) is 4. The Morgan fingerprint density at radius 1 is 1.16 bits per heavy atom. The second kappa shape index (κ2) is 7.99. The molecule has 3 atom stereocenters. The average Bonchev–Trinajstić information content (AvgIpc) is 3.03. The van der Waals surface area contributed by atoms with Crippen LogP contribution in [-0.2, 0) is 4.79 Å². The van der Waals surface area contributed by atoms with E-state index < -0.39 is 12.1 Å². The standard InChI is InChI=1S/C11H13BrN2.C8H8O3/c12-9-3-1-2-7-8-6-13-5-4-10(8)14-11(7)9;9-7(8(10)11)6-4-2-1-3-5-6/h1-3,8,10,13-14H,4-6H2;1-5,7,9H,(H,10,11). The smallest absolute Gasteiger partial charge is 0.337 e. The van der Waals surface area contributed by atoms with E-state index in [4.69, 9.17) is 10.2 Å². The van der Waals surface area contributed by atoms with E-state index in [2.05, 4.69) is 44.8 Å². The van der Waals surface area contributed by atoms with Gasteiger partial charge in [-0.05, 0) is 46.1 Å². The monoisotopic (exact) mass is 404 g/mol. The highest BCUT2D eigenvalue weighted by molar-refractivity contribution is 9.10. The van der Waals surface area contributed by atoms with E-state index in [1.165, 1.54) is 22.1 Å². The van der Waals surface area contributed by atoms with Gasteiger partial charge in [0.25, 0.3) is 0 Å². The number of halogens is 1. The van der Waals surface area contributed by atoms with Gasteiger partial charge in [0, 0.05) is 23.0 Å². The summed E-state index contributed by atoms with van der Waals surface area (Å²) in [6.07, 6.45) is -0.178. The highest BCUT2D eigenvalue weighted by atomic mass is 79.9. The van der Waals surface area contributed by atoms with Gasteiger partial charge in [-0.2, -0.15) is 0 Å². The lowest BCUT2D eigenvalue weighted by Crippen LogP contribution is -2.38. The Kier molecular flexibility index (Phi) is 5.73. The minimum atomic E-state index is -1.41. The maximum Gasteiger partial charge on any atom is 0.337 e. The number of benzene rings is 2. The quantitative estimate of drug-likeness (QED) is 0.618. The van der Waals surface area contributed by atoms with Crippen LogP contribution in [0.3, 0.4) is 0 Å². The predicted octanol–water partition coefficient (Wildman–Crippen LogP) is 3.12. The van der Waals surface area contributed by atoms with Crippen molar-refractivity contribution in [1.82, 2.24) is 5.32 Å². The van der Waals surface area contributed by atoms with Gasteiger partial charge in [0.1, 0.15) is 0 Å². The summed E-state index contributed by atoms with van der Waals surface area (Å²) >= 11 is 3.60. The molecule has 0 spiro atoms. The van der Waals surface area contributed by atoms with Gasteiger partial charge in [0.15, 0.2) is 6.10 Å². The molecule has 0 radical (unpaired) electrons. The summed E-state index contributed by atoms with van der Waals surface area (Å²) in [4.78, 5) is 10.2. The van der Waals surface area contributed by atoms with Gasteiger partial charge in [-0.15, -0.1) is 0 Å². The molecular weight excluding hydrogens is 384 g/mol. The number of fused-ring (bicyclic) bond motifs is 3. The van der Waals surface area contributed by atoms with E-state index in [0.717, 1.165) is 13.1 Å². The summed E-state index contributed by atoms with van der Waals surface area (Å²) in [6.45, 7) is 2.25. The number of hydrogen-bond acceptors (Lipinski definition) is 4. The van der Waals surface area contributed by atoms with E-state index in [9.17, 15) is 4.79 Å². The Morgan fingerprint density at radius 2 is 1.92 bits per heavy atom. The van der Waals surface area contributed by atoms with E-state index in [1.807, 2.05) is 0 Å². The van der Waals surface area contributed by atoms with E-state index in [0.29, 0.717) is 17.5 Å². The molecule has 3 unspecified atom stereocenters. The number of piperidine rings is 1. The molecule has 2 heterocycles. The number of carbonyl (C=O) groups is 1. The van der Waals surface area contributed by atoms with Gasteiger partial charge in [-0.1, -0.05) is 42.5 Å². The topological polar surface area (TPSA) is 81.6 Å². The number of aliphatic carboxylic acids is 1. The summed E-state index contributed by atoms with van der Waals surface area (Å²) in [5.41, 5.74) is 3.18. The molecule has 2 aromatic carbocycles. The molecule has 0 saturated carbocycles. The lowest BCUT2D eigenvalue weighted by molar-refractivity contribution is -0.146. The van der Waals surface area contributed by atoms with Crippen molar-refractivity contribution in [3.63, 3.8) is 0 Å². The molecule has 4 N–H and O–H groups in total. The third kappa shape index (κ3) is 4.03. The second-order valence-electron chi connectivity index (χ2n) is 6.21. The SMILES string of the molecule is Brc1cccc2c1NC1CCNCC21.O=C(O)C(O)c1ccccc1. The first kappa shape index (κ1) is 17.9. The fraction of sp³-hybridized carbons (Fsp3) is 0.316. The normalized spacial score (nSPS) is 21.8. The number of rotatable bonds is 2. The third-order valence-electron chi connectivity index (χ3n) is 4.61. The molecule has 1 saturated heterocycles. The largest absolute Gasteiger partial charge is 0.479 e. The molecule has 2 aliphatic heterocycles. The summed E-state index contributed by atoms with van der Waals surface area (Å²) in [5.74, 6) is -0.563. The molecule has 1 fully saturated rings. The van der Waals surface area contributed by atoms with Crippen LogP contribution < -0.4 is 10.6 Å². The molecule has 132 valence electrons. The number of para-hydroxylation sites is 1. The molecular formula is C19H21BrN2O3. The number of carboxylic acid groups (broad SMARTS) is 1. The molecule has 25 heavy (non-hydrogen) atoms. The first-order chi connectivity index (χ1) is 12.1. The zero-order chi connectivity index (χ0) is 17.8. The Bertz CT molecular complexity index is 739. The highest BCUT2D eigenvalue weighted by Crippen LogP contribution is 2.41. The first-order valence-corrected chi connectivity index (χ1v) is 9.08. The van der Waals surface area contributed by atoms with Crippen LogP contribution in [-0.4, -0.2) is 35.3 Å². The minimum Gasteiger partial charge on any atom is -0.479 e. The maximum absolute atomic E-state index is 10.2. The molecule has 2 aliphatic rings. The number of aliphatic hydroxyl groups excluding tert-OH is 1. The predicted molar refractivity (Wildman–Crippen MR) is 101 cm³/mol. The summed E-state index contributed by atoms with van der Waals surface area (Å²) in [6, 6.07) is 15.4. The highest BCUT2D eigenvalue weighted by Gasteiger charge is 2.34. The maximum atomic E-state index is 10.2. The van der Waals surface area contributed by atoms with Crippen LogP contribution in [0.5, 0.6) is 0 Å². The van der Waals surface area contributed by atoms with E-state index >= 15 is 0 Å². The van der Waals surface area contributed by atoms with Crippen molar-refractivity contribution >= 4 is 27.6 Å². The molecule has 0 aromatic heterocycles. The second-order valence-corrected chi connectivity index (χ2v) is 7.06. The molecule has 0 bridgehead atoms. The number of aliphatic hydroxyl groups is 1. The van der Waals surface area contributed by atoms with Crippen molar-refractivity contribution in [2.24, 2.45) is 0 Å². The molecule has 0 amide bonds. The zero-order valence-corrected chi connectivity index (χ0v) is 15.2. The fourth-order valence-electron chi connectivity index (χ4n) is 3.32. The zero-order valence-electron chi connectivity index (χ0n) is 13.7. The Balaban J connectivity index is 0.000000151. The van der Waals surface area contributed by atoms with Crippen molar-refractivity contribution in [3.05, 3.63) is 64.1 Å². The van der Waals surface area contributed by atoms with Gasteiger partial charge >= 0.3 is 5.97 Å². The van der Waals surface area contributed by atoms with Crippen molar-refractivity contribution < 1.29 is 15.0 Å². The van der Waals surface area contributed by atoms with Gasteiger partial charge in [-0.3, -0.25) is 0 Å². The fourth-order valence-corrected chi connectivity index (χ4v) is 3.82. The summed E-state index contributed by atoms with van der Waals surface area (Å²) in [5, 5.41) is 24.5. The van der Waals surface area contributed by atoms with Crippen LogP contribution in [0.1, 0.15) is 29.6 Å². The first-order valence-electron chi connectivity index (χ1n) is 8.29. The summed E-state index contributed by atoms with van der Waals surface area (Å²) < 4.78 is 1.20. The van der Waals surface area contributed by atoms with Gasteiger partial charge in [0.05, 0.1) is 5.69 Å². The van der Waals surface area contributed by atoms with Crippen molar-refractivity contribution in [2.75, 3.05) is 18.4 Å². The van der Waals surface area contributed by atoms with Crippen molar-refractivity contribution in [3.8, 4) is 0 Å². The Hall–Kier alpha value is -1.89. The Morgan fingerprint density at radius 3 is 2.64 bits per heavy atom. The van der Waals surface area contributed by atoms with Gasteiger partial charge in [-0.25, -0.2) is 4.79 Å². The minimum absolute atomic E-state index is 0.403. The van der Waals surface area contributed by atoms with Crippen LogP contribution in [0.25, 0.3) is 0 Å². The molecule has 4 rings (SSSR count). The Labute approximate surface area is 155 Å². The van der Waals surface area contributed by atoms with Crippen LogP contribution in [0, 0.1) is 0 Å². The lowest BCUT2D eigenvalue weighted by Gasteiger charge is -2.26. The molecule has 0 aliphatic carbocycles.